The molecule has 2 aromatic carbocycles. The van der Waals surface area contributed by atoms with Gasteiger partial charge in [-0.25, -0.2) is 8.42 Å². The number of aliphatic hydroxyl groups excluding tert-OH is 1. The standard InChI is InChI=1S/C17H21NO3S/c19-17(11-18-16-6-3-9-22(20,21)12-16)15-8-7-13-4-1-2-5-14(13)10-15/h1-2,4-5,7-8,10,16-19H,3,6,9,11-12H2. The molecule has 1 aliphatic rings. The van der Waals surface area contributed by atoms with Gasteiger partial charge in [-0.2, -0.15) is 0 Å². The van der Waals surface area contributed by atoms with E-state index >= 15 is 0 Å². The molecule has 22 heavy (non-hydrogen) atoms. The Balaban J connectivity index is 1.64. The molecular formula is C17H21NO3S. The first-order valence-corrected chi connectivity index (χ1v) is 9.46. The van der Waals surface area contributed by atoms with Crippen LogP contribution in [0.4, 0.5) is 0 Å². The lowest BCUT2D eigenvalue weighted by Crippen LogP contribution is -2.41. The number of rotatable bonds is 4. The van der Waals surface area contributed by atoms with E-state index in [1.807, 2.05) is 42.5 Å². The number of benzene rings is 2. The molecule has 0 spiro atoms. The van der Waals surface area contributed by atoms with Gasteiger partial charge >= 0.3 is 0 Å². The molecule has 2 unspecified atom stereocenters. The van der Waals surface area contributed by atoms with Gasteiger partial charge < -0.3 is 10.4 Å². The fraction of sp³-hybridized carbons (Fsp3) is 0.412. The molecule has 0 radical (unpaired) electrons. The first kappa shape index (κ1) is 15.5. The molecule has 2 atom stereocenters. The van der Waals surface area contributed by atoms with Crippen LogP contribution in [0, 0.1) is 0 Å². The molecule has 0 bridgehead atoms. The Hall–Kier alpha value is -1.43. The van der Waals surface area contributed by atoms with Crippen LogP contribution in [-0.4, -0.2) is 37.6 Å². The molecule has 2 N–H and O–H groups in total. The molecule has 1 heterocycles. The zero-order valence-electron chi connectivity index (χ0n) is 12.4. The van der Waals surface area contributed by atoms with Crippen molar-refractivity contribution in [3.05, 3.63) is 48.0 Å². The van der Waals surface area contributed by atoms with Crippen molar-refractivity contribution in [2.45, 2.75) is 25.0 Å². The minimum absolute atomic E-state index is 0.0474. The van der Waals surface area contributed by atoms with E-state index in [1.165, 1.54) is 0 Å². The van der Waals surface area contributed by atoms with Crippen LogP contribution in [0.25, 0.3) is 10.8 Å². The summed E-state index contributed by atoms with van der Waals surface area (Å²) in [6.07, 6.45) is 0.921. The molecule has 1 aliphatic heterocycles. The maximum Gasteiger partial charge on any atom is 0.151 e. The van der Waals surface area contributed by atoms with E-state index < -0.39 is 15.9 Å². The molecule has 1 fully saturated rings. The van der Waals surface area contributed by atoms with E-state index in [0.717, 1.165) is 22.8 Å². The van der Waals surface area contributed by atoms with Crippen LogP contribution in [0.1, 0.15) is 24.5 Å². The van der Waals surface area contributed by atoms with Gasteiger partial charge in [0.1, 0.15) is 0 Å². The summed E-state index contributed by atoms with van der Waals surface area (Å²) < 4.78 is 23.2. The zero-order valence-corrected chi connectivity index (χ0v) is 13.2. The van der Waals surface area contributed by atoms with E-state index in [0.29, 0.717) is 18.7 Å². The third-order valence-corrected chi connectivity index (χ3v) is 6.04. The van der Waals surface area contributed by atoms with Gasteiger partial charge in [0.05, 0.1) is 17.6 Å². The SMILES string of the molecule is O=S1(=O)CCCC(NCC(O)c2ccc3ccccc3c2)C1. The third kappa shape index (κ3) is 3.66. The summed E-state index contributed by atoms with van der Waals surface area (Å²) in [5.74, 6) is 0.468. The highest BCUT2D eigenvalue weighted by atomic mass is 32.2. The molecule has 2 aromatic rings. The molecule has 0 amide bonds. The lowest BCUT2D eigenvalue weighted by atomic mass is 10.0. The topological polar surface area (TPSA) is 66.4 Å². The van der Waals surface area contributed by atoms with Crippen molar-refractivity contribution in [3.63, 3.8) is 0 Å². The number of sulfone groups is 1. The first-order chi connectivity index (χ1) is 10.5. The second-order valence-electron chi connectivity index (χ2n) is 5.98. The Morgan fingerprint density at radius 1 is 1.18 bits per heavy atom. The van der Waals surface area contributed by atoms with Gasteiger partial charge in [0.25, 0.3) is 0 Å². The molecule has 3 rings (SSSR count). The number of fused-ring (bicyclic) bond motifs is 1. The predicted octanol–water partition coefficient (Wildman–Crippen LogP) is 2.04. The third-order valence-electron chi connectivity index (χ3n) is 4.22. The molecule has 0 aromatic heterocycles. The van der Waals surface area contributed by atoms with E-state index in [4.69, 9.17) is 0 Å². The van der Waals surface area contributed by atoms with Gasteiger partial charge in [-0.05, 0) is 35.2 Å². The first-order valence-electron chi connectivity index (χ1n) is 7.64. The summed E-state index contributed by atoms with van der Waals surface area (Å²) in [5, 5.41) is 15.8. The average molecular weight is 319 g/mol. The fourth-order valence-corrected chi connectivity index (χ4v) is 4.67. The average Bonchev–Trinajstić information content (AvgIpc) is 2.51. The summed E-state index contributed by atoms with van der Waals surface area (Å²) in [7, 11) is -2.92. The van der Waals surface area contributed by atoms with E-state index in [2.05, 4.69) is 5.32 Å². The summed E-state index contributed by atoms with van der Waals surface area (Å²) in [6.45, 7) is 0.374. The summed E-state index contributed by atoms with van der Waals surface area (Å²) in [6, 6.07) is 13.9. The highest BCUT2D eigenvalue weighted by Crippen LogP contribution is 2.20. The van der Waals surface area contributed by atoms with Crippen LogP contribution < -0.4 is 5.32 Å². The predicted molar refractivity (Wildman–Crippen MR) is 88.6 cm³/mol. The Bertz CT molecular complexity index is 757. The number of hydrogen-bond donors (Lipinski definition) is 2. The normalized spacial score (nSPS) is 22.5. The van der Waals surface area contributed by atoms with Gasteiger partial charge in [0.2, 0.25) is 0 Å². The lowest BCUT2D eigenvalue weighted by molar-refractivity contribution is 0.170. The van der Waals surface area contributed by atoms with E-state index in [-0.39, 0.29) is 11.8 Å². The van der Waals surface area contributed by atoms with Crippen molar-refractivity contribution in [1.82, 2.24) is 5.32 Å². The van der Waals surface area contributed by atoms with Crippen molar-refractivity contribution in [2.75, 3.05) is 18.1 Å². The van der Waals surface area contributed by atoms with Gasteiger partial charge in [-0.15, -0.1) is 0 Å². The van der Waals surface area contributed by atoms with Crippen LogP contribution in [-0.2, 0) is 9.84 Å². The monoisotopic (exact) mass is 319 g/mol. The maximum atomic E-state index is 11.6. The Morgan fingerprint density at radius 2 is 1.95 bits per heavy atom. The van der Waals surface area contributed by atoms with Crippen molar-refractivity contribution in [2.24, 2.45) is 0 Å². The highest BCUT2D eigenvalue weighted by molar-refractivity contribution is 7.91. The fourth-order valence-electron chi connectivity index (χ4n) is 3.00. The largest absolute Gasteiger partial charge is 0.387 e. The second kappa shape index (κ2) is 6.36. The Labute approximate surface area is 131 Å². The Morgan fingerprint density at radius 3 is 2.73 bits per heavy atom. The minimum Gasteiger partial charge on any atom is -0.387 e. The summed E-state index contributed by atoms with van der Waals surface area (Å²) >= 11 is 0. The number of hydrogen-bond acceptors (Lipinski definition) is 4. The minimum atomic E-state index is -2.92. The van der Waals surface area contributed by atoms with Gasteiger partial charge in [0, 0.05) is 12.6 Å². The molecule has 0 saturated carbocycles. The van der Waals surface area contributed by atoms with E-state index in [9.17, 15) is 13.5 Å². The Kier molecular flexibility index (Phi) is 4.47. The molecule has 4 nitrogen and oxygen atoms in total. The van der Waals surface area contributed by atoms with Crippen LogP contribution >= 0.6 is 0 Å². The van der Waals surface area contributed by atoms with Gasteiger partial charge in [-0.1, -0.05) is 36.4 Å². The van der Waals surface area contributed by atoms with E-state index in [1.54, 1.807) is 0 Å². The summed E-state index contributed by atoms with van der Waals surface area (Å²) in [4.78, 5) is 0. The molecular weight excluding hydrogens is 298 g/mol. The molecule has 118 valence electrons. The molecule has 1 saturated heterocycles. The highest BCUT2D eigenvalue weighted by Gasteiger charge is 2.24. The van der Waals surface area contributed by atoms with Crippen LogP contribution in [0.15, 0.2) is 42.5 Å². The van der Waals surface area contributed by atoms with Crippen molar-refractivity contribution in [3.8, 4) is 0 Å². The molecule has 0 aliphatic carbocycles. The lowest BCUT2D eigenvalue weighted by Gasteiger charge is -2.24. The summed E-state index contributed by atoms with van der Waals surface area (Å²) in [5.41, 5.74) is 0.852. The number of aliphatic hydroxyl groups is 1. The van der Waals surface area contributed by atoms with Crippen LogP contribution in [0.2, 0.25) is 0 Å². The van der Waals surface area contributed by atoms with Crippen LogP contribution in [0.5, 0.6) is 0 Å². The smallest absolute Gasteiger partial charge is 0.151 e. The molecule has 5 heteroatoms. The number of nitrogens with one attached hydrogen (secondary N) is 1. The van der Waals surface area contributed by atoms with Gasteiger partial charge in [-0.3, -0.25) is 0 Å². The quantitative estimate of drug-likeness (QED) is 0.905. The zero-order chi connectivity index (χ0) is 15.6. The van der Waals surface area contributed by atoms with Crippen molar-refractivity contribution >= 4 is 20.6 Å². The van der Waals surface area contributed by atoms with Crippen LogP contribution in [0.3, 0.4) is 0 Å². The van der Waals surface area contributed by atoms with Crippen molar-refractivity contribution < 1.29 is 13.5 Å². The maximum absolute atomic E-state index is 11.6. The van der Waals surface area contributed by atoms with Crippen molar-refractivity contribution in [1.29, 1.82) is 0 Å². The second-order valence-corrected chi connectivity index (χ2v) is 8.21. The van der Waals surface area contributed by atoms with Gasteiger partial charge in [0.15, 0.2) is 9.84 Å².